The summed E-state index contributed by atoms with van der Waals surface area (Å²) in [5.74, 6) is 5.36. The number of rotatable bonds is 6. The minimum absolute atomic E-state index is 0.129. The normalized spacial score (nSPS) is 14.6. The van der Waals surface area contributed by atoms with Gasteiger partial charge in [0.1, 0.15) is 5.82 Å². The molecule has 18 heavy (non-hydrogen) atoms. The van der Waals surface area contributed by atoms with Crippen LogP contribution in [0, 0.1) is 19.7 Å². The molecule has 2 unspecified atom stereocenters. The highest BCUT2D eigenvalue weighted by atomic mass is 19.1. The van der Waals surface area contributed by atoms with Crippen molar-refractivity contribution in [3.63, 3.8) is 0 Å². The zero-order chi connectivity index (χ0) is 13.7. The maximum Gasteiger partial charge on any atom is 0.128 e. The largest absolute Gasteiger partial charge is 0.379 e. The molecule has 0 spiro atoms. The number of benzene rings is 1. The second-order valence-electron chi connectivity index (χ2n) is 4.68. The molecular formula is C14H23FN2O. The molecule has 3 nitrogen and oxygen atoms in total. The predicted octanol–water partition coefficient (Wildman–Crippen LogP) is 2.76. The van der Waals surface area contributed by atoms with Gasteiger partial charge in [0, 0.05) is 12.7 Å². The van der Waals surface area contributed by atoms with E-state index in [0.29, 0.717) is 5.56 Å². The van der Waals surface area contributed by atoms with Gasteiger partial charge in [0.2, 0.25) is 0 Å². The Labute approximate surface area is 108 Å². The summed E-state index contributed by atoms with van der Waals surface area (Å²) in [5.41, 5.74) is 5.10. The average molecular weight is 254 g/mol. The monoisotopic (exact) mass is 254 g/mol. The van der Waals surface area contributed by atoms with Crippen LogP contribution in [-0.2, 0) is 4.74 Å². The van der Waals surface area contributed by atoms with Crippen molar-refractivity contribution in [2.24, 2.45) is 5.84 Å². The van der Waals surface area contributed by atoms with Gasteiger partial charge in [-0.3, -0.25) is 11.3 Å². The minimum Gasteiger partial charge on any atom is -0.379 e. The molecule has 0 aliphatic carbocycles. The average Bonchev–Trinajstić information content (AvgIpc) is 2.31. The van der Waals surface area contributed by atoms with E-state index in [1.807, 2.05) is 19.9 Å². The van der Waals surface area contributed by atoms with Crippen LogP contribution in [0.2, 0.25) is 0 Å². The van der Waals surface area contributed by atoms with Crippen molar-refractivity contribution < 1.29 is 9.13 Å². The van der Waals surface area contributed by atoms with Crippen LogP contribution in [0.3, 0.4) is 0 Å². The Kier molecular flexibility index (Phi) is 5.72. The highest BCUT2D eigenvalue weighted by Gasteiger charge is 2.25. The summed E-state index contributed by atoms with van der Waals surface area (Å²) in [6.07, 6.45) is 1.66. The molecule has 2 atom stereocenters. The molecular weight excluding hydrogens is 231 g/mol. The number of methoxy groups -OCH3 is 1. The summed E-state index contributed by atoms with van der Waals surface area (Å²) in [7, 11) is 1.63. The topological polar surface area (TPSA) is 47.3 Å². The van der Waals surface area contributed by atoms with Crippen LogP contribution in [0.25, 0.3) is 0 Å². The zero-order valence-corrected chi connectivity index (χ0v) is 11.6. The second-order valence-corrected chi connectivity index (χ2v) is 4.68. The van der Waals surface area contributed by atoms with Gasteiger partial charge in [-0.25, -0.2) is 4.39 Å². The van der Waals surface area contributed by atoms with Gasteiger partial charge in [-0.2, -0.15) is 0 Å². The van der Waals surface area contributed by atoms with Gasteiger partial charge >= 0.3 is 0 Å². The molecule has 0 aliphatic rings. The molecule has 0 bridgehead atoms. The predicted molar refractivity (Wildman–Crippen MR) is 71.6 cm³/mol. The van der Waals surface area contributed by atoms with Gasteiger partial charge in [0.15, 0.2) is 0 Å². The van der Waals surface area contributed by atoms with E-state index in [-0.39, 0.29) is 18.0 Å². The molecule has 0 heterocycles. The van der Waals surface area contributed by atoms with Gasteiger partial charge in [-0.15, -0.1) is 0 Å². The van der Waals surface area contributed by atoms with Crippen molar-refractivity contribution >= 4 is 0 Å². The van der Waals surface area contributed by atoms with E-state index < -0.39 is 0 Å². The summed E-state index contributed by atoms with van der Waals surface area (Å²) in [4.78, 5) is 0. The van der Waals surface area contributed by atoms with Crippen LogP contribution >= 0.6 is 0 Å². The Balaban J connectivity index is 3.15. The molecule has 3 N–H and O–H groups in total. The number of nitrogens with one attached hydrogen (secondary N) is 1. The Morgan fingerprint density at radius 3 is 2.50 bits per heavy atom. The van der Waals surface area contributed by atoms with Crippen molar-refractivity contribution in [2.75, 3.05) is 7.11 Å². The molecule has 1 aromatic carbocycles. The van der Waals surface area contributed by atoms with Crippen molar-refractivity contribution in [3.8, 4) is 0 Å². The lowest BCUT2D eigenvalue weighted by Gasteiger charge is -2.27. The molecule has 0 aromatic heterocycles. The van der Waals surface area contributed by atoms with Crippen molar-refractivity contribution in [1.82, 2.24) is 5.43 Å². The first kappa shape index (κ1) is 15.1. The van der Waals surface area contributed by atoms with Crippen LogP contribution < -0.4 is 11.3 Å². The van der Waals surface area contributed by atoms with Gasteiger partial charge < -0.3 is 4.74 Å². The molecule has 4 heteroatoms. The molecule has 0 saturated heterocycles. The first-order valence-corrected chi connectivity index (χ1v) is 6.30. The lowest BCUT2D eigenvalue weighted by atomic mass is 9.93. The number of hydrazine groups is 1. The Morgan fingerprint density at radius 2 is 2.06 bits per heavy atom. The van der Waals surface area contributed by atoms with Gasteiger partial charge in [0.05, 0.1) is 12.1 Å². The quantitative estimate of drug-likeness (QED) is 0.606. The first-order chi connectivity index (χ1) is 8.54. The number of halogens is 1. The number of hydrogen-bond acceptors (Lipinski definition) is 3. The summed E-state index contributed by atoms with van der Waals surface area (Å²) < 4.78 is 19.6. The second kappa shape index (κ2) is 6.83. The van der Waals surface area contributed by atoms with Gasteiger partial charge in [-0.1, -0.05) is 19.4 Å². The van der Waals surface area contributed by atoms with E-state index in [1.165, 1.54) is 6.07 Å². The smallest absolute Gasteiger partial charge is 0.128 e. The number of nitrogens with two attached hydrogens (primary N) is 1. The molecule has 0 saturated carbocycles. The van der Waals surface area contributed by atoms with Crippen LogP contribution in [-0.4, -0.2) is 13.2 Å². The highest BCUT2D eigenvalue weighted by molar-refractivity contribution is 5.35. The van der Waals surface area contributed by atoms with E-state index in [1.54, 1.807) is 7.11 Å². The Hall–Kier alpha value is -0.970. The van der Waals surface area contributed by atoms with Gasteiger partial charge in [-0.05, 0) is 37.5 Å². The van der Waals surface area contributed by atoms with Crippen LogP contribution in [0.15, 0.2) is 12.1 Å². The van der Waals surface area contributed by atoms with Crippen molar-refractivity contribution in [3.05, 3.63) is 34.6 Å². The fraction of sp³-hybridized carbons (Fsp3) is 0.571. The number of hydrogen-bond donors (Lipinski definition) is 2. The molecule has 1 rings (SSSR count). The summed E-state index contributed by atoms with van der Waals surface area (Å²) >= 11 is 0. The fourth-order valence-corrected chi connectivity index (χ4v) is 2.40. The van der Waals surface area contributed by atoms with Crippen LogP contribution in [0.5, 0.6) is 0 Å². The van der Waals surface area contributed by atoms with Crippen molar-refractivity contribution in [2.45, 2.75) is 45.8 Å². The summed E-state index contributed by atoms with van der Waals surface area (Å²) in [6, 6.07) is 3.17. The van der Waals surface area contributed by atoms with E-state index in [0.717, 1.165) is 24.0 Å². The molecule has 0 radical (unpaired) electrons. The number of aryl methyl sites for hydroxylation is 2. The lowest BCUT2D eigenvalue weighted by Crippen LogP contribution is -2.38. The third-order valence-corrected chi connectivity index (χ3v) is 3.22. The van der Waals surface area contributed by atoms with Crippen LogP contribution in [0.4, 0.5) is 4.39 Å². The summed E-state index contributed by atoms with van der Waals surface area (Å²) in [5, 5.41) is 0. The summed E-state index contributed by atoms with van der Waals surface area (Å²) in [6.45, 7) is 5.84. The molecule has 0 aliphatic heterocycles. The Morgan fingerprint density at radius 1 is 1.39 bits per heavy atom. The molecule has 102 valence electrons. The molecule has 1 aromatic rings. The maximum atomic E-state index is 14.1. The molecule has 0 fully saturated rings. The van der Waals surface area contributed by atoms with E-state index in [4.69, 9.17) is 10.6 Å². The number of ether oxygens (including phenoxy) is 1. The molecule has 0 amide bonds. The maximum absolute atomic E-state index is 14.1. The fourth-order valence-electron chi connectivity index (χ4n) is 2.40. The van der Waals surface area contributed by atoms with Crippen LogP contribution in [0.1, 0.15) is 42.5 Å². The third kappa shape index (κ3) is 3.28. The standard InChI is InChI=1S/C14H23FN2O/c1-5-6-12(18-4)14(17-16)13-10(3)7-9(2)8-11(13)15/h7-8,12,14,17H,5-6,16H2,1-4H3. The lowest BCUT2D eigenvalue weighted by molar-refractivity contribution is 0.0593. The van der Waals surface area contributed by atoms with Gasteiger partial charge in [0.25, 0.3) is 0 Å². The third-order valence-electron chi connectivity index (χ3n) is 3.22. The SMILES string of the molecule is CCCC(OC)C(NN)c1c(C)cc(C)cc1F. The highest BCUT2D eigenvalue weighted by Crippen LogP contribution is 2.27. The minimum atomic E-state index is -0.324. The van der Waals surface area contributed by atoms with Crippen molar-refractivity contribution in [1.29, 1.82) is 0 Å². The zero-order valence-electron chi connectivity index (χ0n) is 11.6. The van der Waals surface area contributed by atoms with E-state index >= 15 is 0 Å². The first-order valence-electron chi connectivity index (χ1n) is 6.30. The van der Waals surface area contributed by atoms with E-state index in [9.17, 15) is 4.39 Å². The Bertz CT molecular complexity index is 372. The van der Waals surface area contributed by atoms with E-state index in [2.05, 4.69) is 12.3 Å².